The number of rotatable bonds is 6. The van der Waals surface area contributed by atoms with Crippen LogP contribution >= 0.6 is 0 Å². The van der Waals surface area contributed by atoms with Gasteiger partial charge in [-0.25, -0.2) is 9.59 Å². The van der Waals surface area contributed by atoms with Crippen molar-refractivity contribution in [3.8, 4) is 12.3 Å². The highest BCUT2D eigenvalue weighted by Gasteiger charge is 2.05. The molecule has 1 aromatic carbocycles. The Labute approximate surface area is 118 Å². The average molecular weight is 274 g/mol. The van der Waals surface area contributed by atoms with Crippen molar-refractivity contribution < 1.29 is 14.7 Å². The summed E-state index contributed by atoms with van der Waals surface area (Å²) in [5.41, 5.74) is 1.22. The van der Waals surface area contributed by atoms with Gasteiger partial charge in [0.05, 0.1) is 5.56 Å². The second-order valence-corrected chi connectivity index (χ2v) is 4.46. The van der Waals surface area contributed by atoms with Gasteiger partial charge in [0.2, 0.25) is 0 Å². The molecule has 0 aliphatic carbocycles. The summed E-state index contributed by atoms with van der Waals surface area (Å²) in [6.45, 7) is 2.31. The summed E-state index contributed by atoms with van der Waals surface area (Å²) in [4.78, 5) is 22.2. The molecule has 1 unspecified atom stereocenters. The van der Waals surface area contributed by atoms with Crippen LogP contribution in [0.5, 0.6) is 0 Å². The molecule has 0 heterocycles. The number of nitrogens with one attached hydrogen (secondary N) is 2. The van der Waals surface area contributed by atoms with E-state index in [-0.39, 0.29) is 17.6 Å². The Morgan fingerprint density at radius 2 is 2.00 bits per heavy atom. The van der Waals surface area contributed by atoms with Crippen molar-refractivity contribution in [2.75, 3.05) is 6.54 Å². The van der Waals surface area contributed by atoms with Gasteiger partial charge in [-0.3, -0.25) is 0 Å². The van der Waals surface area contributed by atoms with Crippen LogP contribution in [0.25, 0.3) is 0 Å². The van der Waals surface area contributed by atoms with Gasteiger partial charge in [-0.15, -0.1) is 12.3 Å². The highest BCUT2D eigenvalue weighted by Crippen LogP contribution is 2.04. The van der Waals surface area contributed by atoms with Crippen LogP contribution in [-0.2, 0) is 6.42 Å². The molecule has 0 radical (unpaired) electrons. The maximum Gasteiger partial charge on any atom is 0.335 e. The Morgan fingerprint density at radius 3 is 2.55 bits per heavy atom. The number of terminal acetylenes is 1. The van der Waals surface area contributed by atoms with Gasteiger partial charge in [0.15, 0.2) is 0 Å². The second kappa shape index (κ2) is 7.85. The number of carbonyl (C=O) groups is 2. The zero-order chi connectivity index (χ0) is 15.0. The first-order valence-corrected chi connectivity index (χ1v) is 6.33. The molecule has 0 fully saturated rings. The van der Waals surface area contributed by atoms with Gasteiger partial charge in [0.25, 0.3) is 0 Å². The van der Waals surface area contributed by atoms with Crippen LogP contribution in [0, 0.1) is 12.3 Å². The minimum absolute atomic E-state index is 0.0603. The van der Waals surface area contributed by atoms with Gasteiger partial charge in [-0.1, -0.05) is 12.1 Å². The molecule has 5 heteroatoms. The fourth-order valence-corrected chi connectivity index (χ4v) is 1.64. The lowest BCUT2D eigenvalue weighted by molar-refractivity contribution is 0.0697. The summed E-state index contributed by atoms with van der Waals surface area (Å²) < 4.78 is 0. The number of carboxylic acids is 1. The lowest BCUT2D eigenvalue weighted by Crippen LogP contribution is -2.41. The highest BCUT2D eigenvalue weighted by molar-refractivity contribution is 5.87. The van der Waals surface area contributed by atoms with E-state index < -0.39 is 5.97 Å². The number of hydrogen-bond acceptors (Lipinski definition) is 2. The molecule has 2 amide bonds. The Morgan fingerprint density at radius 1 is 1.35 bits per heavy atom. The Bertz CT molecular complexity index is 503. The van der Waals surface area contributed by atoms with Crippen molar-refractivity contribution in [1.29, 1.82) is 0 Å². The van der Waals surface area contributed by atoms with E-state index in [0.29, 0.717) is 19.4 Å². The minimum Gasteiger partial charge on any atom is -0.478 e. The van der Waals surface area contributed by atoms with Gasteiger partial charge in [0.1, 0.15) is 0 Å². The van der Waals surface area contributed by atoms with Crippen molar-refractivity contribution in [3.05, 3.63) is 35.4 Å². The van der Waals surface area contributed by atoms with Crippen LogP contribution in [0.1, 0.15) is 29.3 Å². The van der Waals surface area contributed by atoms with Crippen LogP contribution in [0.4, 0.5) is 4.79 Å². The molecule has 1 atom stereocenters. The molecule has 0 aliphatic heterocycles. The fourth-order valence-electron chi connectivity index (χ4n) is 1.64. The van der Waals surface area contributed by atoms with Crippen molar-refractivity contribution in [3.63, 3.8) is 0 Å². The van der Waals surface area contributed by atoms with Crippen molar-refractivity contribution in [1.82, 2.24) is 10.6 Å². The summed E-state index contributed by atoms with van der Waals surface area (Å²) in [7, 11) is 0. The van der Waals surface area contributed by atoms with E-state index in [9.17, 15) is 9.59 Å². The largest absolute Gasteiger partial charge is 0.478 e. The SMILES string of the molecule is C#CCC(C)NC(=O)NCCc1ccc(C(=O)O)cc1. The molecular weight excluding hydrogens is 256 g/mol. The van der Waals surface area contributed by atoms with Crippen LogP contribution in [-0.4, -0.2) is 29.7 Å². The maximum atomic E-state index is 11.5. The van der Waals surface area contributed by atoms with E-state index in [1.54, 1.807) is 24.3 Å². The van der Waals surface area contributed by atoms with Crippen LogP contribution in [0.2, 0.25) is 0 Å². The third kappa shape index (κ3) is 5.44. The van der Waals surface area contributed by atoms with Gasteiger partial charge in [0, 0.05) is 19.0 Å². The normalized spacial score (nSPS) is 11.2. The lowest BCUT2D eigenvalue weighted by atomic mass is 10.1. The number of amides is 2. The van der Waals surface area contributed by atoms with E-state index in [0.717, 1.165) is 5.56 Å². The predicted molar refractivity (Wildman–Crippen MR) is 76.6 cm³/mol. The number of carboxylic acid groups (broad SMARTS) is 1. The molecule has 0 aliphatic rings. The first-order valence-electron chi connectivity index (χ1n) is 6.33. The van der Waals surface area contributed by atoms with Gasteiger partial charge < -0.3 is 15.7 Å². The van der Waals surface area contributed by atoms with Crippen LogP contribution < -0.4 is 10.6 Å². The molecule has 1 rings (SSSR count). The van der Waals surface area contributed by atoms with E-state index >= 15 is 0 Å². The first-order chi connectivity index (χ1) is 9.52. The number of hydrogen-bond donors (Lipinski definition) is 3. The molecule has 20 heavy (non-hydrogen) atoms. The van der Waals surface area contributed by atoms with Crippen molar-refractivity contribution in [2.45, 2.75) is 25.8 Å². The molecule has 0 bridgehead atoms. The molecule has 106 valence electrons. The molecule has 3 N–H and O–H groups in total. The summed E-state index contributed by atoms with van der Waals surface area (Å²) in [5.74, 6) is 1.53. The number of carbonyl (C=O) groups excluding carboxylic acids is 1. The lowest BCUT2D eigenvalue weighted by Gasteiger charge is -2.12. The van der Waals surface area contributed by atoms with E-state index in [1.807, 2.05) is 6.92 Å². The van der Waals surface area contributed by atoms with Gasteiger partial charge in [-0.05, 0) is 31.0 Å². The zero-order valence-corrected chi connectivity index (χ0v) is 11.3. The molecule has 0 spiro atoms. The maximum absolute atomic E-state index is 11.5. The topological polar surface area (TPSA) is 78.4 Å². The van der Waals surface area contributed by atoms with Gasteiger partial charge >= 0.3 is 12.0 Å². The molecular formula is C15H18N2O3. The third-order valence-electron chi connectivity index (χ3n) is 2.70. The standard InChI is InChI=1S/C15H18N2O3/c1-3-4-11(2)17-15(20)16-10-9-12-5-7-13(8-6-12)14(18)19/h1,5-8,11H,4,9-10H2,2H3,(H,18,19)(H2,16,17,20). The Kier molecular flexibility index (Phi) is 6.11. The summed E-state index contributed by atoms with van der Waals surface area (Å²) in [6.07, 6.45) is 6.28. The highest BCUT2D eigenvalue weighted by atomic mass is 16.4. The minimum atomic E-state index is -0.948. The molecule has 0 saturated heterocycles. The van der Waals surface area contributed by atoms with Crippen molar-refractivity contribution >= 4 is 12.0 Å². The van der Waals surface area contributed by atoms with Crippen LogP contribution in [0.15, 0.2) is 24.3 Å². The third-order valence-corrected chi connectivity index (χ3v) is 2.70. The monoisotopic (exact) mass is 274 g/mol. The Balaban J connectivity index is 2.32. The quantitative estimate of drug-likeness (QED) is 0.690. The molecule has 0 saturated carbocycles. The number of aromatic carboxylic acids is 1. The van der Waals surface area contributed by atoms with E-state index in [1.165, 1.54) is 0 Å². The van der Waals surface area contributed by atoms with Gasteiger partial charge in [-0.2, -0.15) is 0 Å². The van der Waals surface area contributed by atoms with E-state index in [4.69, 9.17) is 11.5 Å². The summed E-state index contributed by atoms with van der Waals surface area (Å²) >= 11 is 0. The molecule has 1 aromatic rings. The molecule has 0 aromatic heterocycles. The smallest absolute Gasteiger partial charge is 0.335 e. The number of benzene rings is 1. The van der Waals surface area contributed by atoms with Crippen molar-refractivity contribution in [2.24, 2.45) is 0 Å². The average Bonchev–Trinajstić information content (AvgIpc) is 2.39. The van der Waals surface area contributed by atoms with E-state index in [2.05, 4.69) is 16.6 Å². The fraction of sp³-hybridized carbons (Fsp3) is 0.333. The predicted octanol–water partition coefficient (Wildman–Crippen LogP) is 1.64. The summed E-state index contributed by atoms with van der Waals surface area (Å²) in [6, 6.07) is 6.26. The summed E-state index contributed by atoms with van der Waals surface area (Å²) in [5, 5.41) is 14.2. The number of urea groups is 1. The second-order valence-electron chi connectivity index (χ2n) is 4.46. The Hall–Kier alpha value is -2.48. The first kappa shape index (κ1) is 15.6. The van der Waals surface area contributed by atoms with Crippen LogP contribution in [0.3, 0.4) is 0 Å². The zero-order valence-electron chi connectivity index (χ0n) is 11.3. The molecule has 5 nitrogen and oxygen atoms in total.